The Morgan fingerprint density at radius 1 is 0.800 bits per heavy atom. The summed E-state index contributed by atoms with van der Waals surface area (Å²) in [6.45, 7) is 0. The molecule has 2 atom stereocenters. The van der Waals surface area contributed by atoms with Crippen LogP contribution in [0.25, 0.3) is 22.1 Å². The Hall–Kier alpha value is -3.63. The van der Waals surface area contributed by atoms with E-state index in [0.29, 0.717) is 16.5 Å². The van der Waals surface area contributed by atoms with Crippen LogP contribution in [0.1, 0.15) is 40.5 Å². The molecule has 0 spiro atoms. The van der Waals surface area contributed by atoms with E-state index in [0.717, 1.165) is 22.9 Å². The molecule has 1 N–H and O–H groups in total. The number of hydrogen-bond donors (Lipinski definition) is 1. The summed E-state index contributed by atoms with van der Waals surface area (Å²) in [7, 11) is 0. The second-order valence-corrected chi connectivity index (χ2v) is 10.1. The van der Waals surface area contributed by atoms with Gasteiger partial charge in [0, 0.05) is 10.4 Å². The third-order valence-corrected chi connectivity index (χ3v) is 7.67. The summed E-state index contributed by atoms with van der Waals surface area (Å²) >= 11 is 3.50. The first-order chi connectivity index (χ1) is 17.1. The van der Waals surface area contributed by atoms with E-state index in [1.807, 2.05) is 30.3 Å². The number of hydrogen-bond acceptors (Lipinski definition) is 3. The lowest BCUT2D eigenvalue weighted by molar-refractivity contribution is 0.437. The minimum Gasteiger partial charge on any atom is -0.507 e. The highest BCUT2D eigenvalue weighted by atomic mass is 79.9. The second-order valence-electron chi connectivity index (χ2n) is 9.17. The summed E-state index contributed by atoms with van der Waals surface area (Å²) in [5.74, 6) is 0.0129. The fourth-order valence-corrected chi connectivity index (χ4v) is 5.66. The molecule has 0 bridgehead atoms. The summed E-state index contributed by atoms with van der Waals surface area (Å²) in [5, 5.41) is 11.8. The molecule has 3 nitrogen and oxygen atoms in total. The van der Waals surface area contributed by atoms with Crippen molar-refractivity contribution in [3.63, 3.8) is 0 Å². The van der Waals surface area contributed by atoms with Crippen molar-refractivity contribution in [2.75, 3.05) is 0 Å². The number of aromatic hydroxyl groups is 1. The number of halogens is 1. The van der Waals surface area contributed by atoms with Crippen molar-refractivity contribution in [3.8, 4) is 16.9 Å². The van der Waals surface area contributed by atoms with E-state index in [2.05, 4.69) is 64.5 Å². The Morgan fingerprint density at radius 2 is 1.46 bits per heavy atom. The summed E-state index contributed by atoms with van der Waals surface area (Å²) in [4.78, 5) is 13.1. The van der Waals surface area contributed by atoms with Crippen LogP contribution < -0.4 is 5.63 Å². The highest BCUT2D eigenvalue weighted by Gasteiger charge is 2.33. The van der Waals surface area contributed by atoms with Crippen LogP contribution in [0.15, 0.2) is 111 Å². The number of benzene rings is 4. The summed E-state index contributed by atoms with van der Waals surface area (Å²) < 4.78 is 6.70. The maximum Gasteiger partial charge on any atom is 0.343 e. The van der Waals surface area contributed by atoms with Gasteiger partial charge in [0.1, 0.15) is 11.3 Å². The molecule has 0 fully saturated rings. The summed E-state index contributed by atoms with van der Waals surface area (Å²) in [5.41, 5.74) is 6.16. The zero-order valence-corrected chi connectivity index (χ0v) is 20.5. The van der Waals surface area contributed by atoms with Gasteiger partial charge in [-0.05, 0) is 70.8 Å². The van der Waals surface area contributed by atoms with Gasteiger partial charge >= 0.3 is 5.63 Å². The minimum absolute atomic E-state index is 0.0305. The molecular formula is C31H23BrO3. The van der Waals surface area contributed by atoms with Crippen molar-refractivity contribution in [2.45, 2.75) is 24.7 Å². The van der Waals surface area contributed by atoms with E-state index in [1.54, 1.807) is 18.2 Å². The van der Waals surface area contributed by atoms with E-state index in [-0.39, 0.29) is 17.6 Å². The molecule has 4 heteroatoms. The van der Waals surface area contributed by atoms with Crippen molar-refractivity contribution in [2.24, 2.45) is 0 Å². The fourth-order valence-electron chi connectivity index (χ4n) is 5.39. The molecule has 35 heavy (non-hydrogen) atoms. The first kappa shape index (κ1) is 21.9. The number of rotatable bonds is 3. The number of fused-ring (bicyclic) bond motifs is 2. The average molecular weight is 523 g/mol. The lowest BCUT2D eigenvalue weighted by atomic mass is 9.72. The first-order valence-electron chi connectivity index (χ1n) is 11.8. The zero-order valence-electron chi connectivity index (χ0n) is 18.9. The molecule has 0 unspecified atom stereocenters. The van der Waals surface area contributed by atoms with Gasteiger partial charge in [-0.15, -0.1) is 0 Å². The molecule has 5 aromatic rings. The van der Waals surface area contributed by atoms with Crippen LogP contribution in [0.5, 0.6) is 5.75 Å². The summed E-state index contributed by atoms with van der Waals surface area (Å²) in [6.07, 6.45) is 1.62. The third kappa shape index (κ3) is 3.98. The van der Waals surface area contributed by atoms with E-state index in [1.165, 1.54) is 22.3 Å². The van der Waals surface area contributed by atoms with Gasteiger partial charge in [-0.2, -0.15) is 0 Å². The van der Waals surface area contributed by atoms with Gasteiger partial charge in [0.25, 0.3) is 0 Å². The maximum absolute atomic E-state index is 13.1. The van der Waals surface area contributed by atoms with Crippen molar-refractivity contribution in [1.29, 1.82) is 0 Å². The monoisotopic (exact) mass is 522 g/mol. The highest BCUT2D eigenvalue weighted by Crippen LogP contribution is 2.45. The molecule has 1 aliphatic carbocycles. The topological polar surface area (TPSA) is 50.4 Å². The smallest absolute Gasteiger partial charge is 0.343 e. The largest absolute Gasteiger partial charge is 0.507 e. The lowest BCUT2D eigenvalue weighted by Gasteiger charge is -2.32. The Balaban J connectivity index is 1.41. The molecule has 0 saturated carbocycles. The van der Waals surface area contributed by atoms with E-state index >= 15 is 0 Å². The average Bonchev–Trinajstić information content (AvgIpc) is 2.89. The molecule has 0 saturated heterocycles. The molecule has 6 rings (SSSR count). The van der Waals surface area contributed by atoms with Gasteiger partial charge in [0.2, 0.25) is 0 Å². The molecule has 0 amide bonds. The Morgan fingerprint density at radius 3 is 2.23 bits per heavy atom. The van der Waals surface area contributed by atoms with Crippen molar-refractivity contribution in [1.82, 2.24) is 0 Å². The predicted octanol–water partition coefficient (Wildman–Crippen LogP) is 7.79. The Kier molecular flexibility index (Phi) is 5.54. The molecule has 4 aromatic carbocycles. The van der Waals surface area contributed by atoms with Crippen LogP contribution in [0.3, 0.4) is 0 Å². The molecule has 0 radical (unpaired) electrons. The summed E-state index contributed by atoms with van der Waals surface area (Å²) in [6, 6.07) is 32.4. The van der Waals surface area contributed by atoms with Gasteiger partial charge in [-0.3, -0.25) is 0 Å². The van der Waals surface area contributed by atoms with Crippen molar-refractivity contribution < 1.29 is 9.52 Å². The molecule has 1 aromatic heterocycles. The van der Waals surface area contributed by atoms with Gasteiger partial charge in [0.05, 0.1) is 10.9 Å². The minimum atomic E-state index is -0.466. The second kappa shape index (κ2) is 8.86. The first-order valence-corrected chi connectivity index (χ1v) is 12.6. The van der Waals surface area contributed by atoms with Gasteiger partial charge in [-0.1, -0.05) is 88.7 Å². The maximum atomic E-state index is 13.1. The van der Waals surface area contributed by atoms with E-state index in [9.17, 15) is 9.90 Å². The van der Waals surface area contributed by atoms with Crippen molar-refractivity contribution in [3.05, 3.63) is 134 Å². The molecule has 0 aliphatic heterocycles. The van der Waals surface area contributed by atoms with Crippen LogP contribution in [0.4, 0.5) is 0 Å². The Bertz CT molecular complexity index is 1580. The van der Waals surface area contributed by atoms with Gasteiger partial charge in [0.15, 0.2) is 0 Å². The molecular weight excluding hydrogens is 500 g/mol. The van der Waals surface area contributed by atoms with Crippen LogP contribution in [-0.4, -0.2) is 5.11 Å². The SMILES string of the molecule is O=c1oc2ccccc2c(O)c1[C@H]1C[C@@H](c2ccc(-c3ccc(Br)cc3)cc2)Cc2ccccc21. The highest BCUT2D eigenvalue weighted by molar-refractivity contribution is 9.10. The normalized spacial score (nSPS) is 17.3. The van der Waals surface area contributed by atoms with Crippen LogP contribution in [0, 0.1) is 0 Å². The predicted molar refractivity (Wildman–Crippen MR) is 143 cm³/mol. The number of para-hydroxylation sites is 1. The lowest BCUT2D eigenvalue weighted by Crippen LogP contribution is -2.23. The van der Waals surface area contributed by atoms with E-state index < -0.39 is 5.63 Å². The Labute approximate surface area is 211 Å². The van der Waals surface area contributed by atoms with Crippen LogP contribution in [-0.2, 0) is 6.42 Å². The zero-order chi connectivity index (χ0) is 23.9. The van der Waals surface area contributed by atoms with Crippen LogP contribution in [0.2, 0.25) is 0 Å². The third-order valence-electron chi connectivity index (χ3n) is 7.15. The standard InChI is InChI=1S/C31H23BrO3/c32-24-15-13-20(14-16-24)19-9-11-21(12-10-19)23-17-22-5-1-2-6-25(22)27(18-23)29-30(33)26-7-3-4-8-28(26)35-31(29)34/h1-16,23,27,33H,17-18H2/t23-,27-/m0/s1. The fraction of sp³-hybridized carbons (Fsp3) is 0.129. The quantitative estimate of drug-likeness (QED) is 0.246. The van der Waals surface area contributed by atoms with Gasteiger partial charge in [-0.25, -0.2) is 4.79 Å². The van der Waals surface area contributed by atoms with E-state index in [4.69, 9.17) is 4.42 Å². The molecule has 172 valence electrons. The van der Waals surface area contributed by atoms with Crippen LogP contribution >= 0.6 is 15.9 Å². The van der Waals surface area contributed by atoms with Crippen molar-refractivity contribution >= 4 is 26.9 Å². The molecule has 1 heterocycles. The molecule has 1 aliphatic rings. The van der Waals surface area contributed by atoms with Gasteiger partial charge < -0.3 is 9.52 Å².